The summed E-state index contributed by atoms with van der Waals surface area (Å²) < 4.78 is 0. The molecular weight excluding hydrogens is 512 g/mol. The summed E-state index contributed by atoms with van der Waals surface area (Å²) in [6.45, 7) is 22.2. The maximum atomic E-state index is 12.5. The Balaban J connectivity index is 1.99. The summed E-state index contributed by atoms with van der Waals surface area (Å²) in [6, 6.07) is 18.7. The molecule has 2 aromatic carbocycles. The quantitative estimate of drug-likeness (QED) is 0.145. The van der Waals surface area contributed by atoms with Crippen LogP contribution in [0.25, 0.3) is 0 Å². The van der Waals surface area contributed by atoms with Crippen molar-refractivity contribution in [2.24, 2.45) is 5.92 Å². The van der Waals surface area contributed by atoms with Crippen molar-refractivity contribution in [2.75, 3.05) is 0 Å². The van der Waals surface area contributed by atoms with Gasteiger partial charge in [0, 0.05) is 5.92 Å². The van der Waals surface area contributed by atoms with E-state index in [0.29, 0.717) is 11.1 Å². The highest BCUT2D eigenvalue weighted by Crippen LogP contribution is 2.21. The number of carbonyl (C=O) groups excluding carboxylic acids is 2. The lowest BCUT2D eigenvalue weighted by Gasteiger charge is -2.26. The van der Waals surface area contributed by atoms with E-state index in [0.717, 1.165) is 24.2 Å². The van der Waals surface area contributed by atoms with Crippen molar-refractivity contribution >= 4 is 38.5 Å². The van der Waals surface area contributed by atoms with Crippen LogP contribution in [-0.2, 0) is 19.6 Å². The summed E-state index contributed by atoms with van der Waals surface area (Å²) in [5.41, 5.74) is 4.80. The Morgan fingerprint density at radius 3 is 1.24 bits per heavy atom. The Labute approximate surface area is 229 Å². The zero-order valence-corrected chi connectivity index (χ0v) is 25.3. The Morgan fingerprint density at radius 1 is 0.684 bits per heavy atom. The molecule has 0 aliphatic rings. The number of hydrogen-bond donors (Lipinski definition) is 0. The van der Waals surface area contributed by atoms with Crippen LogP contribution in [0.4, 0.5) is 0 Å². The summed E-state index contributed by atoms with van der Waals surface area (Å²) in [5.74, 6) is -2.01. The van der Waals surface area contributed by atoms with E-state index in [4.69, 9.17) is 19.6 Å². The lowest BCUT2D eigenvalue weighted by Crippen LogP contribution is -2.44. The van der Waals surface area contributed by atoms with E-state index in [-0.39, 0.29) is 6.29 Å². The van der Waals surface area contributed by atoms with Gasteiger partial charge in [-0.3, -0.25) is 9.78 Å². The molecule has 0 fully saturated rings. The summed E-state index contributed by atoms with van der Waals surface area (Å²) >= 11 is 0. The van der Waals surface area contributed by atoms with Crippen molar-refractivity contribution in [1.29, 1.82) is 0 Å². The van der Waals surface area contributed by atoms with E-state index in [1.54, 1.807) is 31.2 Å². The normalized spacial score (nSPS) is 11.9. The Bertz CT molecular complexity index is 987. The molecule has 0 aliphatic carbocycles. The SMILES string of the molecule is [CH2]C(C)[C](OOC(=O)c1ccc([Si](C=C)(CC)CC)cc1)OOC(=O)c1ccc([Si](C=C)(CC)CC)cc1. The summed E-state index contributed by atoms with van der Waals surface area (Å²) in [4.78, 5) is 45.1. The van der Waals surface area contributed by atoms with Crippen LogP contribution < -0.4 is 10.4 Å². The molecule has 2 rings (SSSR count). The highest BCUT2D eigenvalue weighted by atomic mass is 28.3. The van der Waals surface area contributed by atoms with Gasteiger partial charge in [0.05, 0.1) is 11.1 Å². The molecule has 0 N–H and O–H groups in total. The predicted molar refractivity (Wildman–Crippen MR) is 157 cm³/mol. The maximum Gasteiger partial charge on any atom is 0.373 e. The van der Waals surface area contributed by atoms with Gasteiger partial charge in [0.1, 0.15) is 16.1 Å². The topological polar surface area (TPSA) is 71.1 Å². The Morgan fingerprint density at radius 2 is 1.00 bits per heavy atom. The van der Waals surface area contributed by atoms with Crippen molar-refractivity contribution in [3.63, 3.8) is 0 Å². The minimum absolute atomic E-state index is 0.259. The molecule has 2 aromatic rings. The zero-order chi connectivity index (χ0) is 28.3. The first-order chi connectivity index (χ1) is 18.1. The third-order valence-corrected chi connectivity index (χ3v) is 17.1. The van der Waals surface area contributed by atoms with Gasteiger partial charge in [0.15, 0.2) is 0 Å². The third kappa shape index (κ3) is 7.19. The molecule has 2 radical (unpaired) electrons. The standard InChI is InChI=1S/C30H40O6Si2/c1-9-37(10-2,11-3)26-19-15-24(16-20-26)28(31)33-35-30(23(7)8)36-34-29(32)25-17-21-27(22-18-25)38(12-4,13-5)14-6/h9,12,15-23H,1,4,7,10-11,13-14H2,2-3,5-6,8H3. The van der Waals surface area contributed by atoms with Crippen molar-refractivity contribution < 1.29 is 29.1 Å². The Kier molecular flexibility index (Phi) is 11.9. The molecule has 1 unspecified atom stereocenters. The van der Waals surface area contributed by atoms with Crippen LogP contribution in [0.1, 0.15) is 55.3 Å². The van der Waals surface area contributed by atoms with Crippen LogP contribution in [0.15, 0.2) is 73.1 Å². The summed E-state index contributed by atoms with van der Waals surface area (Å²) in [5, 5.41) is 2.41. The fourth-order valence-corrected chi connectivity index (χ4v) is 10.4. The molecule has 8 heteroatoms. The number of hydrogen-bond acceptors (Lipinski definition) is 6. The molecule has 38 heavy (non-hydrogen) atoms. The van der Waals surface area contributed by atoms with Gasteiger partial charge in [-0.2, -0.15) is 0 Å². The maximum absolute atomic E-state index is 12.5. The van der Waals surface area contributed by atoms with Crippen LogP contribution >= 0.6 is 0 Å². The van der Waals surface area contributed by atoms with E-state index < -0.39 is 34.0 Å². The molecule has 6 nitrogen and oxygen atoms in total. The lowest BCUT2D eigenvalue weighted by atomic mass is 10.2. The van der Waals surface area contributed by atoms with Crippen LogP contribution in [0.5, 0.6) is 0 Å². The second kappa shape index (κ2) is 14.4. The van der Waals surface area contributed by atoms with E-state index in [9.17, 15) is 9.59 Å². The van der Waals surface area contributed by atoms with Gasteiger partial charge in [-0.1, -0.05) is 105 Å². The van der Waals surface area contributed by atoms with Crippen LogP contribution in [0, 0.1) is 19.1 Å². The lowest BCUT2D eigenvalue weighted by molar-refractivity contribution is -0.369. The second-order valence-electron chi connectivity index (χ2n) is 9.42. The molecule has 0 aromatic heterocycles. The minimum atomic E-state index is -1.77. The van der Waals surface area contributed by atoms with E-state index >= 15 is 0 Å². The molecular formula is C30H40O6Si2. The molecule has 204 valence electrons. The van der Waals surface area contributed by atoms with E-state index in [1.165, 1.54) is 10.4 Å². The zero-order valence-electron chi connectivity index (χ0n) is 23.3. The highest BCUT2D eigenvalue weighted by molar-refractivity contribution is 6.96. The van der Waals surface area contributed by atoms with Crippen molar-refractivity contribution in [1.82, 2.24) is 0 Å². The molecule has 1 atom stereocenters. The average Bonchev–Trinajstić information content (AvgIpc) is 2.95. The molecule has 0 spiro atoms. The van der Waals surface area contributed by atoms with Crippen LogP contribution in [0.2, 0.25) is 24.2 Å². The Hall–Kier alpha value is -2.79. The van der Waals surface area contributed by atoms with E-state index in [2.05, 4.69) is 59.2 Å². The first-order valence-electron chi connectivity index (χ1n) is 13.1. The van der Waals surface area contributed by atoms with Crippen molar-refractivity contribution in [3.05, 3.63) is 97.4 Å². The van der Waals surface area contributed by atoms with Gasteiger partial charge in [-0.05, 0) is 31.2 Å². The molecule has 0 aliphatic heterocycles. The van der Waals surface area contributed by atoms with Gasteiger partial charge in [0.2, 0.25) is 0 Å². The van der Waals surface area contributed by atoms with Gasteiger partial charge in [-0.15, -0.1) is 22.9 Å². The van der Waals surface area contributed by atoms with Gasteiger partial charge in [-0.25, -0.2) is 9.59 Å². The van der Waals surface area contributed by atoms with Crippen molar-refractivity contribution in [3.8, 4) is 0 Å². The third-order valence-electron chi connectivity index (χ3n) is 7.50. The molecule has 0 saturated carbocycles. The molecule has 0 heterocycles. The largest absolute Gasteiger partial charge is 0.373 e. The molecule has 0 saturated heterocycles. The fourth-order valence-electron chi connectivity index (χ4n) is 4.44. The summed E-state index contributed by atoms with van der Waals surface area (Å²) in [6.07, 6.45) is -0.259. The summed E-state index contributed by atoms with van der Waals surface area (Å²) in [7, 11) is -3.55. The highest BCUT2D eigenvalue weighted by Gasteiger charge is 2.30. The van der Waals surface area contributed by atoms with Crippen molar-refractivity contribution in [2.45, 2.75) is 58.8 Å². The van der Waals surface area contributed by atoms with Crippen LogP contribution in [-0.4, -0.2) is 28.1 Å². The van der Waals surface area contributed by atoms with Gasteiger partial charge < -0.3 is 0 Å². The fraction of sp³-hybridized carbons (Fsp3) is 0.333. The monoisotopic (exact) mass is 552 g/mol. The predicted octanol–water partition coefficient (Wildman–Crippen LogP) is 6.36. The van der Waals surface area contributed by atoms with Gasteiger partial charge in [0.25, 0.3) is 0 Å². The molecule has 0 amide bonds. The minimum Gasteiger partial charge on any atom is -0.289 e. The smallest absolute Gasteiger partial charge is 0.289 e. The van der Waals surface area contributed by atoms with Gasteiger partial charge >= 0.3 is 18.2 Å². The van der Waals surface area contributed by atoms with Crippen LogP contribution in [0.3, 0.4) is 0 Å². The second-order valence-corrected chi connectivity index (χ2v) is 18.8. The number of benzene rings is 2. The average molecular weight is 553 g/mol. The molecule has 0 bridgehead atoms. The number of carbonyl (C=O) groups is 2. The van der Waals surface area contributed by atoms with E-state index in [1.807, 2.05) is 24.3 Å². The first kappa shape index (κ1) is 31.4. The number of rotatable bonds is 15. The first-order valence-corrected chi connectivity index (χ1v) is 18.1.